The lowest BCUT2D eigenvalue weighted by Crippen LogP contribution is -2.09. The molecule has 0 saturated heterocycles. The van der Waals surface area contributed by atoms with Crippen LogP contribution in [-0.2, 0) is 11.2 Å². The van der Waals surface area contributed by atoms with Crippen molar-refractivity contribution in [1.29, 1.82) is 0 Å². The van der Waals surface area contributed by atoms with Crippen LogP contribution in [0, 0.1) is 0 Å². The van der Waals surface area contributed by atoms with E-state index < -0.39 is 5.97 Å². The molecule has 122 valence electrons. The number of hydrogen-bond acceptors (Lipinski definition) is 3. The molecule has 0 radical (unpaired) electrons. The van der Waals surface area contributed by atoms with Gasteiger partial charge in [-0.3, -0.25) is 0 Å². The Hall–Kier alpha value is -1.94. The molecule has 23 heavy (non-hydrogen) atoms. The van der Waals surface area contributed by atoms with Gasteiger partial charge in [0.05, 0.1) is 0 Å². The van der Waals surface area contributed by atoms with Gasteiger partial charge in [0, 0.05) is 4.90 Å². The Morgan fingerprint density at radius 1 is 0.957 bits per heavy atom. The first-order chi connectivity index (χ1) is 11.2. The summed E-state index contributed by atoms with van der Waals surface area (Å²) in [4.78, 5) is 11.6. The molecule has 1 N–H and O–H groups in total. The predicted molar refractivity (Wildman–Crippen MR) is 94.3 cm³/mol. The van der Waals surface area contributed by atoms with Gasteiger partial charge in [-0.2, -0.15) is 0 Å². The average molecular weight is 330 g/mol. The van der Waals surface area contributed by atoms with Crippen LogP contribution in [0.15, 0.2) is 59.5 Å². The van der Waals surface area contributed by atoms with Crippen molar-refractivity contribution in [3.05, 3.63) is 60.2 Å². The van der Waals surface area contributed by atoms with Crippen LogP contribution in [0.4, 0.5) is 0 Å². The molecule has 2 aromatic carbocycles. The fourth-order valence-electron chi connectivity index (χ4n) is 2.22. The third-order valence-electron chi connectivity index (χ3n) is 3.41. The van der Waals surface area contributed by atoms with E-state index in [0.717, 1.165) is 12.2 Å². The highest BCUT2D eigenvalue weighted by molar-refractivity contribution is 7.99. The molecule has 0 saturated carbocycles. The van der Waals surface area contributed by atoms with Crippen LogP contribution in [0.3, 0.4) is 0 Å². The minimum atomic E-state index is -0.959. The highest BCUT2D eigenvalue weighted by Gasteiger charge is 2.00. The summed E-state index contributed by atoms with van der Waals surface area (Å²) in [6.07, 6.45) is 4.82. The zero-order valence-corrected chi connectivity index (χ0v) is 13.9. The Labute approximate surface area is 141 Å². The third kappa shape index (κ3) is 7.24. The summed E-state index contributed by atoms with van der Waals surface area (Å²) in [5, 5.41) is 8.56. The van der Waals surface area contributed by atoms with Crippen molar-refractivity contribution in [3.63, 3.8) is 0 Å². The molecule has 0 bridgehead atoms. The number of carbonyl (C=O) groups is 1. The van der Waals surface area contributed by atoms with E-state index in [1.165, 1.54) is 29.7 Å². The summed E-state index contributed by atoms with van der Waals surface area (Å²) in [5.74, 6) is 0.739. The Morgan fingerprint density at radius 3 is 2.39 bits per heavy atom. The zero-order valence-electron chi connectivity index (χ0n) is 13.1. The smallest absolute Gasteiger partial charge is 0.341 e. The van der Waals surface area contributed by atoms with Crippen molar-refractivity contribution in [2.75, 3.05) is 12.4 Å². The topological polar surface area (TPSA) is 46.5 Å². The molecule has 0 amide bonds. The number of unbranched alkanes of at least 4 members (excludes halogenated alkanes) is 2. The second-order valence-corrected chi connectivity index (χ2v) is 6.47. The van der Waals surface area contributed by atoms with Crippen LogP contribution < -0.4 is 4.74 Å². The van der Waals surface area contributed by atoms with E-state index in [0.29, 0.717) is 5.75 Å². The van der Waals surface area contributed by atoms with E-state index in [1.54, 1.807) is 0 Å². The first kappa shape index (κ1) is 17.4. The molecule has 0 aliphatic carbocycles. The van der Waals surface area contributed by atoms with Crippen LogP contribution in [0.1, 0.15) is 24.8 Å². The molecule has 0 atom stereocenters. The van der Waals surface area contributed by atoms with Gasteiger partial charge in [0.1, 0.15) is 5.75 Å². The second kappa shape index (κ2) is 9.95. The van der Waals surface area contributed by atoms with Gasteiger partial charge in [-0.1, -0.05) is 36.8 Å². The number of ether oxygens (including phenoxy) is 1. The van der Waals surface area contributed by atoms with E-state index in [-0.39, 0.29) is 6.61 Å². The Balaban J connectivity index is 1.58. The van der Waals surface area contributed by atoms with Crippen molar-refractivity contribution >= 4 is 17.7 Å². The maximum Gasteiger partial charge on any atom is 0.341 e. The quantitative estimate of drug-likeness (QED) is 0.508. The molecule has 3 nitrogen and oxygen atoms in total. The monoisotopic (exact) mass is 330 g/mol. The lowest BCUT2D eigenvalue weighted by Gasteiger charge is -2.05. The summed E-state index contributed by atoms with van der Waals surface area (Å²) < 4.78 is 5.11. The molecule has 2 rings (SSSR count). The van der Waals surface area contributed by atoms with Crippen LogP contribution in [0.5, 0.6) is 5.75 Å². The lowest BCUT2D eigenvalue weighted by molar-refractivity contribution is -0.139. The molecule has 0 aliphatic rings. The van der Waals surface area contributed by atoms with E-state index in [9.17, 15) is 4.79 Å². The van der Waals surface area contributed by atoms with Gasteiger partial charge in [0.25, 0.3) is 0 Å². The van der Waals surface area contributed by atoms with Gasteiger partial charge in [-0.15, -0.1) is 11.8 Å². The van der Waals surface area contributed by atoms with Crippen LogP contribution >= 0.6 is 11.8 Å². The van der Waals surface area contributed by atoms with Gasteiger partial charge < -0.3 is 9.84 Å². The van der Waals surface area contributed by atoms with Crippen LogP contribution in [-0.4, -0.2) is 23.4 Å². The molecular weight excluding hydrogens is 308 g/mol. The maximum atomic E-state index is 10.4. The number of thioether (sulfide) groups is 1. The Morgan fingerprint density at radius 2 is 1.70 bits per heavy atom. The fraction of sp³-hybridized carbons (Fsp3) is 0.316. The number of benzene rings is 2. The average Bonchev–Trinajstić information content (AvgIpc) is 2.58. The summed E-state index contributed by atoms with van der Waals surface area (Å²) in [7, 11) is 0. The molecule has 4 heteroatoms. The number of aliphatic carboxylic acids is 1. The molecule has 2 aromatic rings. The van der Waals surface area contributed by atoms with Gasteiger partial charge in [0.15, 0.2) is 6.61 Å². The SMILES string of the molecule is O=C(O)COc1ccc(SCCCCCc2ccccc2)cc1. The molecule has 0 aliphatic heterocycles. The van der Waals surface area contributed by atoms with E-state index >= 15 is 0 Å². The van der Waals surface area contributed by atoms with Crippen LogP contribution in [0.2, 0.25) is 0 Å². The van der Waals surface area contributed by atoms with Crippen molar-refractivity contribution in [1.82, 2.24) is 0 Å². The number of aryl methyl sites for hydroxylation is 1. The first-order valence-corrected chi connectivity index (χ1v) is 8.84. The fourth-order valence-corrected chi connectivity index (χ4v) is 3.13. The number of hydrogen-bond donors (Lipinski definition) is 1. The normalized spacial score (nSPS) is 10.4. The van der Waals surface area contributed by atoms with E-state index in [2.05, 4.69) is 30.3 Å². The van der Waals surface area contributed by atoms with Crippen molar-refractivity contribution in [2.45, 2.75) is 30.6 Å². The Kier molecular flexibility index (Phi) is 7.54. The third-order valence-corrected chi connectivity index (χ3v) is 4.51. The van der Waals surface area contributed by atoms with Crippen LogP contribution in [0.25, 0.3) is 0 Å². The first-order valence-electron chi connectivity index (χ1n) is 7.85. The van der Waals surface area contributed by atoms with Crippen molar-refractivity contribution in [2.24, 2.45) is 0 Å². The zero-order chi connectivity index (χ0) is 16.3. The molecule has 0 aromatic heterocycles. The summed E-state index contributed by atoms with van der Waals surface area (Å²) in [6, 6.07) is 18.2. The standard InChI is InChI=1S/C19H22O3S/c20-19(21)15-22-17-10-12-18(13-11-17)23-14-6-2-5-9-16-7-3-1-4-8-16/h1,3-4,7-8,10-13H,2,5-6,9,14-15H2,(H,20,21). The molecule has 0 heterocycles. The predicted octanol–water partition coefficient (Wildman–Crippen LogP) is 4.66. The summed E-state index contributed by atoms with van der Waals surface area (Å²) in [5.41, 5.74) is 1.41. The van der Waals surface area contributed by atoms with E-state index in [1.807, 2.05) is 36.0 Å². The number of carboxylic acids is 1. The number of rotatable bonds is 10. The number of carboxylic acid groups (broad SMARTS) is 1. The largest absolute Gasteiger partial charge is 0.482 e. The molecular formula is C19H22O3S. The second-order valence-electron chi connectivity index (χ2n) is 5.30. The molecule has 0 spiro atoms. The molecule has 0 fully saturated rings. The lowest BCUT2D eigenvalue weighted by atomic mass is 10.1. The highest BCUT2D eigenvalue weighted by atomic mass is 32.2. The summed E-state index contributed by atoms with van der Waals surface area (Å²) in [6.45, 7) is -0.298. The van der Waals surface area contributed by atoms with Crippen molar-refractivity contribution < 1.29 is 14.6 Å². The molecule has 0 unspecified atom stereocenters. The van der Waals surface area contributed by atoms with Gasteiger partial charge in [-0.25, -0.2) is 4.79 Å². The Bertz CT molecular complexity index is 581. The minimum Gasteiger partial charge on any atom is -0.482 e. The van der Waals surface area contributed by atoms with Crippen molar-refractivity contribution in [3.8, 4) is 5.75 Å². The van der Waals surface area contributed by atoms with Gasteiger partial charge >= 0.3 is 5.97 Å². The van der Waals surface area contributed by atoms with Gasteiger partial charge in [0.2, 0.25) is 0 Å². The van der Waals surface area contributed by atoms with Gasteiger partial charge in [-0.05, 0) is 54.8 Å². The summed E-state index contributed by atoms with van der Waals surface area (Å²) >= 11 is 1.83. The maximum absolute atomic E-state index is 10.4. The highest BCUT2D eigenvalue weighted by Crippen LogP contribution is 2.22. The minimum absolute atomic E-state index is 0.298. The van der Waals surface area contributed by atoms with E-state index in [4.69, 9.17) is 9.84 Å².